The summed E-state index contributed by atoms with van der Waals surface area (Å²) in [5.74, 6) is -7.32. The Bertz CT molecular complexity index is 1470. The Balaban J connectivity index is 1.71. The lowest BCUT2D eigenvalue weighted by molar-refractivity contribution is -0.0189. The van der Waals surface area contributed by atoms with Crippen molar-refractivity contribution in [2.24, 2.45) is 0 Å². The highest BCUT2D eigenvalue weighted by molar-refractivity contribution is 7.81. The second-order valence-corrected chi connectivity index (χ2v) is 8.91. The van der Waals surface area contributed by atoms with E-state index in [-0.39, 0.29) is 29.0 Å². The molecule has 8 N–H and O–H groups in total. The van der Waals surface area contributed by atoms with Crippen LogP contribution in [0.2, 0.25) is 0 Å². The number of fused-ring (bicyclic) bond motifs is 1. The van der Waals surface area contributed by atoms with Gasteiger partial charge in [0.1, 0.15) is 23.4 Å². The minimum Gasteiger partial charge on any atom is -0.508 e. The van der Waals surface area contributed by atoms with E-state index in [1.54, 1.807) is 0 Å². The predicted octanol–water partition coefficient (Wildman–Crippen LogP) is 1.71. The molecule has 0 radical (unpaired) electrons. The third kappa shape index (κ3) is 5.12. The quantitative estimate of drug-likeness (QED) is 0.131. The normalized spacial score (nSPS) is 16.9. The van der Waals surface area contributed by atoms with Crippen molar-refractivity contribution in [3.8, 4) is 51.7 Å². The maximum Gasteiger partial charge on any atom is 0.446 e. The van der Waals surface area contributed by atoms with Crippen molar-refractivity contribution in [1.29, 1.82) is 0 Å². The summed E-state index contributed by atoms with van der Waals surface area (Å²) in [5.41, 5.74) is -0.350. The van der Waals surface area contributed by atoms with Crippen molar-refractivity contribution >= 4 is 16.4 Å². The first-order valence-electron chi connectivity index (χ1n) is 10.1. The first kappa shape index (κ1) is 25.3. The van der Waals surface area contributed by atoms with E-state index in [1.807, 2.05) is 0 Å². The second-order valence-electron chi connectivity index (χ2n) is 7.89. The van der Waals surface area contributed by atoms with Crippen LogP contribution in [0.1, 0.15) is 27.6 Å². The number of aromatic hydroxyl groups is 7. The predicted molar refractivity (Wildman–Crippen MR) is 119 cm³/mol. The topological polar surface area (TPSA) is 241 Å². The van der Waals surface area contributed by atoms with Gasteiger partial charge in [-0.05, 0) is 24.3 Å². The molecule has 0 bridgehead atoms. The average molecular weight is 538 g/mol. The van der Waals surface area contributed by atoms with Crippen LogP contribution in [0.4, 0.5) is 0 Å². The van der Waals surface area contributed by atoms with Gasteiger partial charge in [0.25, 0.3) is 0 Å². The molecule has 1 aliphatic rings. The number of hydrogen-bond acceptors (Lipinski definition) is 13. The lowest BCUT2D eigenvalue weighted by atomic mass is 9.93. The van der Waals surface area contributed by atoms with Crippen LogP contribution >= 0.6 is 0 Å². The third-order valence-corrected chi connectivity index (χ3v) is 5.70. The van der Waals surface area contributed by atoms with Gasteiger partial charge in [-0.25, -0.2) is 4.79 Å². The Hall–Kier alpha value is -4.76. The van der Waals surface area contributed by atoms with E-state index in [9.17, 15) is 49.0 Å². The molecule has 37 heavy (non-hydrogen) atoms. The molecule has 0 saturated heterocycles. The Kier molecular flexibility index (Phi) is 6.18. The van der Waals surface area contributed by atoms with Crippen LogP contribution in [0.3, 0.4) is 0 Å². The number of benzene rings is 3. The number of hydrogen-bond donors (Lipinski definition) is 8. The van der Waals surface area contributed by atoms with Crippen LogP contribution in [0.5, 0.6) is 51.7 Å². The van der Waals surface area contributed by atoms with E-state index in [0.29, 0.717) is 12.1 Å². The van der Waals surface area contributed by atoms with E-state index >= 15 is 0 Å². The van der Waals surface area contributed by atoms with Crippen molar-refractivity contribution in [2.75, 3.05) is 0 Å². The lowest BCUT2D eigenvalue weighted by Crippen LogP contribution is -2.34. The van der Waals surface area contributed by atoms with Crippen molar-refractivity contribution < 1.29 is 67.2 Å². The number of esters is 1. The van der Waals surface area contributed by atoms with Gasteiger partial charge in [-0.15, -0.1) is 0 Å². The van der Waals surface area contributed by atoms with Crippen LogP contribution in [0.25, 0.3) is 0 Å². The molecular weight excluding hydrogens is 520 g/mol. The summed E-state index contributed by atoms with van der Waals surface area (Å²) in [4.78, 5) is 12.9. The van der Waals surface area contributed by atoms with Gasteiger partial charge in [0, 0.05) is 29.7 Å². The summed E-state index contributed by atoms with van der Waals surface area (Å²) in [5, 5.41) is 69.5. The van der Waals surface area contributed by atoms with Crippen LogP contribution in [0, 0.1) is 0 Å². The number of carbonyl (C=O) groups excluding carboxylic acids is 1. The summed E-state index contributed by atoms with van der Waals surface area (Å²) in [6.45, 7) is 0. The molecule has 2 atom stereocenters. The highest BCUT2D eigenvalue weighted by Crippen LogP contribution is 2.46. The fourth-order valence-electron chi connectivity index (χ4n) is 3.74. The van der Waals surface area contributed by atoms with E-state index in [1.165, 1.54) is 6.07 Å². The largest absolute Gasteiger partial charge is 0.508 e. The van der Waals surface area contributed by atoms with Crippen LogP contribution in [-0.4, -0.2) is 60.8 Å². The molecule has 1 aliphatic heterocycles. The van der Waals surface area contributed by atoms with Crippen molar-refractivity contribution in [2.45, 2.75) is 18.6 Å². The number of carbonyl (C=O) groups is 1. The third-order valence-electron chi connectivity index (χ3n) is 5.32. The monoisotopic (exact) mass is 538 g/mol. The van der Waals surface area contributed by atoms with Gasteiger partial charge >= 0.3 is 16.4 Å². The Labute approximate surface area is 207 Å². The maximum atomic E-state index is 12.9. The van der Waals surface area contributed by atoms with E-state index in [2.05, 4.69) is 4.18 Å². The van der Waals surface area contributed by atoms with E-state index in [0.717, 1.165) is 18.2 Å². The zero-order valence-corrected chi connectivity index (χ0v) is 19.1. The SMILES string of the molecule is O=C(O[C@@H]1Cc2c(O)cc(O)cc2O[C@@H]1c1cc(O)c(O)c(O)c1)c1cc(O)c(OS(=O)(=O)O)c(O)c1. The van der Waals surface area contributed by atoms with Crippen molar-refractivity contribution in [1.82, 2.24) is 0 Å². The molecule has 0 aromatic heterocycles. The molecule has 1 heterocycles. The van der Waals surface area contributed by atoms with E-state index in [4.69, 9.17) is 14.0 Å². The van der Waals surface area contributed by atoms with Crippen LogP contribution in [0.15, 0.2) is 36.4 Å². The van der Waals surface area contributed by atoms with Gasteiger partial charge in [0.05, 0.1) is 5.56 Å². The standard InChI is InChI=1S/C22H18O14S/c23-10-5-12(24)11-7-18(20(34-17(11)6-10)8-1-13(25)19(29)14(26)2-8)35-22(30)9-3-15(27)21(16(28)4-9)36-37(31,32)33/h1-6,18,20,23-29H,7H2,(H,31,32,33)/t18-,20-/m1/s1. The molecule has 3 aromatic rings. The number of phenols is 7. The van der Waals surface area contributed by atoms with Gasteiger partial charge in [-0.2, -0.15) is 8.42 Å². The second kappa shape index (κ2) is 9.03. The zero-order valence-electron chi connectivity index (χ0n) is 18.3. The zero-order chi connectivity index (χ0) is 27.2. The molecule has 3 aromatic carbocycles. The van der Waals surface area contributed by atoms with Crippen molar-refractivity contribution in [3.63, 3.8) is 0 Å². The number of phenolic OH excluding ortho intramolecular Hbond substituents is 7. The number of ether oxygens (including phenoxy) is 2. The summed E-state index contributed by atoms with van der Waals surface area (Å²) in [6, 6.07) is 5.60. The molecule has 0 spiro atoms. The van der Waals surface area contributed by atoms with Crippen LogP contribution < -0.4 is 8.92 Å². The molecule has 14 nitrogen and oxygen atoms in total. The molecule has 0 amide bonds. The average Bonchev–Trinajstić information content (AvgIpc) is 2.78. The minimum absolute atomic E-state index is 0.0103. The minimum atomic E-state index is -5.11. The highest BCUT2D eigenvalue weighted by atomic mass is 32.3. The number of rotatable bonds is 5. The highest BCUT2D eigenvalue weighted by Gasteiger charge is 2.37. The molecular formula is C22H18O14S. The molecule has 0 fully saturated rings. The molecule has 0 unspecified atom stereocenters. The van der Waals surface area contributed by atoms with Gasteiger partial charge in [-0.3, -0.25) is 4.55 Å². The van der Waals surface area contributed by atoms with Gasteiger partial charge < -0.3 is 49.4 Å². The maximum absolute atomic E-state index is 12.9. The first-order chi connectivity index (χ1) is 17.2. The van der Waals surface area contributed by atoms with Gasteiger partial charge in [0.2, 0.25) is 5.75 Å². The Morgan fingerprint density at radius 2 is 1.43 bits per heavy atom. The van der Waals surface area contributed by atoms with E-state index < -0.39 is 74.4 Å². The molecule has 196 valence electrons. The summed E-state index contributed by atoms with van der Waals surface area (Å²) in [7, 11) is -5.11. The summed E-state index contributed by atoms with van der Waals surface area (Å²) in [6.07, 6.45) is -2.79. The first-order valence-corrected chi connectivity index (χ1v) is 11.5. The fraction of sp³-hybridized carbons (Fsp3) is 0.136. The Morgan fingerprint density at radius 3 is 2.00 bits per heavy atom. The molecule has 0 aliphatic carbocycles. The van der Waals surface area contributed by atoms with Crippen molar-refractivity contribution in [3.05, 3.63) is 53.1 Å². The smallest absolute Gasteiger partial charge is 0.446 e. The summed E-state index contributed by atoms with van der Waals surface area (Å²) < 4.78 is 45.8. The fourth-order valence-corrected chi connectivity index (χ4v) is 4.12. The summed E-state index contributed by atoms with van der Waals surface area (Å²) >= 11 is 0. The Morgan fingerprint density at radius 1 is 0.838 bits per heavy atom. The van der Waals surface area contributed by atoms with Gasteiger partial charge in [0.15, 0.2) is 34.9 Å². The lowest BCUT2D eigenvalue weighted by Gasteiger charge is -2.34. The molecule has 4 rings (SSSR count). The van der Waals surface area contributed by atoms with Crippen LogP contribution in [-0.2, 0) is 21.6 Å². The molecule has 15 heteroatoms. The molecule has 0 saturated carbocycles. The van der Waals surface area contributed by atoms with Gasteiger partial charge in [-0.1, -0.05) is 0 Å².